The summed E-state index contributed by atoms with van der Waals surface area (Å²) in [6.45, 7) is -0.492. The number of aliphatic hydroxyl groups is 9. The fourth-order valence-electron chi connectivity index (χ4n) is 13.6. The summed E-state index contributed by atoms with van der Waals surface area (Å²) >= 11 is 5.67. The topological polar surface area (TPSA) is 584 Å². The number of methoxy groups -OCH3 is 1. The summed E-state index contributed by atoms with van der Waals surface area (Å²) in [5.74, 6) is -15.6. The third kappa shape index (κ3) is 15.3. The van der Waals surface area contributed by atoms with Crippen LogP contribution in [0.4, 0.5) is 0 Å². The van der Waals surface area contributed by atoms with Crippen molar-refractivity contribution in [3.63, 3.8) is 0 Å². The van der Waals surface area contributed by atoms with E-state index in [2.05, 4.69) is 42.5 Å². The maximum atomic E-state index is 16.0. The Morgan fingerprint density at radius 3 is 1.60 bits per heavy atom. The molecular weight excluding hydrogens is 1480 g/mol. The average Bonchev–Trinajstić information content (AvgIpc) is 0.768. The fraction of sp³-hybridized carbons (Fsp3) is 0.315. The number of amides is 6. The first-order valence-corrected chi connectivity index (χ1v) is 34.4. The van der Waals surface area contributed by atoms with Gasteiger partial charge < -0.3 is 152 Å². The molecule has 8 aliphatic heterocycles. The SMILES string of the molecule is COC(=O)[C@@H]1NC(=O)[C@H]2NC(=O)[C@H](NC(=O)[C@@H]3NC(=O)[C@H]4NC(=O)[C@H](NC(=O)[C@H](NC(=S)N[C@@H]5O[C@H](CO)[C@@H](O[C@H]6O[C@H](CO)[C@@H](O)[C@H](O)[C@H]6O)[C@H](O)[C@H]5O)c5ccc(O)c(c5)Oc5cc4cc(O)c5C)[C@H](O)c4ccc(cc4)Oc4cc3cc(c4O)Oc3ccc(cc3)[C@H]2O)c2ccc(O)c(c2)-c2c(O)cc(O)cc21. The molecule has 2 fully saturated rings. The lowest BCUT2D eigenvalue weighted by molar-refractivity contribution is -0.342. The van der Waals surface area contributed by atoms with Crippen LogP contribution in [-0.2, 0) is 52.5 Å². The number of fused-ring (bicyclic) bond motifs is 14. The highest BCUT2D eigenvalue weighted by Gasteiger charge is 2.52. The van der Waals surface area contributed by atoms with E-state index < -0.39 is 238 Å². The van der Waals surface area contributed by atoms with Crippen LogP contribution in [-0.4, -0.2) is 217 Å². The first-order valence-electron chi connectivity index (χ1n) is 34.0. The lowest BCUT2D eigenvalue weighted by Gasteiger charge is -2.46. The van der Waals surface area contributed by atoms with E-state index in [0.29, 0.717) is 0 Å². The van der Waals surface area contributed by atoms with Gasteiger partial charge in [0.05, 0.1) is 20.3 Å². The van der Waals surface area contributed by atoms with Gasteiger partial charge in [0, 0.05) is 28.3 Å². The van der Waals surface area contributed by atoms with E-state index in [9.17, 15) is 86.2 Å². The van der Waals surface area contributed by atoms with Crippen molar-refractivity contribution in [2.45, 2.75) is 123 Å². The van der Waals surface area contributed by atoms with Crippen molar-refractivity contribution >= 4 is 58.7 Å². The van der Waals surface area contributed by atoms with Gasteiger partial charge in [-0.3, -0.25) is 28.8 Å². The van der Waals surface area contributed by atoms with E-state index in [1.54, 1.807) is 0 Å². The third-order valence-electron chi connectivity index (χ3n) is 19.6. The number of phenolic OH excluding ortho intramolecular Hbond substituents is 6. The molecule has 8 heterocycles. The van der Waals surface area contributed by atoms with E-state index in [1.807, 2.05) is 0 Å². The van der Waals surface area contributed by atoms with Crippen molar-refractivity contribution in [2.24, 2.45) is 0 Å². The van der Waals surface area contributed by atoms with Crippen LogP contribution in [0.3, 0.4) is 0 Å². The number of benzene rings is 7. The summed E-state index contributed by atoms with van der Waals surface area (Å²) in [4.78, 5) is 107. The van der Waals surface area contributed by atoms with Crippen LogP contribution < -0.4 is 56.7 Å². The van der Waals surface area contributed by atoms with Crippen molar-refractivity contribution in [1.82, 2.24) is 42.5 Å². The Kier molecular flexibility index (Phi) is 21.8. The van der Waals surface area contributed by atoms with Gasteiger partial charge in [-0.25, -0.2) is 4.79 Å². The number of esters is 1. The van der Waals surface area contributed by atoms with Gasteiger partial charge in [0.1, 0.15) is 138 Å². The second-order valence-corrected chi connectivity index (χ2v) is 27.1. The monoisotopic (exact) mass is 1560 g/mol. The summed E-state index contributed by atoms with van der Waals surface area (Å²) in [5.41, 5.74) is -2.73. The first kappa shape index (κ1) is 77.4. The third-order valence-corrected chi connectivity index (χ3v) is 19.8. The standard InChI is InChI=1S/C73H72N8O29S/c1-25-39(87)16-30-18-41(25)107-42-17-29(8-14-38(42)86)49(80-73(111)81-70-61(95)60(94)63(46(24-83)108-70)110-72-62(96)59(93)58(92)45(23-82)109-72)65(98)79-53-55(89)26-3-9-33(10-4-26)105-43-19-31-20-44(57(43)91)106-34-11-5-27(6-12-34)56(90)54-69(102)77-52(71(103)104-2)36-21-32(84)22-40(88)47(36)35-15-28(7-13-37(35)85)48(64(97)78-54)74-67(100)51(31)75-66(99)50(30)76-68(53)101/h3-22,45-46,48-56,58-63,70,72,82-96H,23-24H2,1-2H3,(H,74,100)(H,75,99)(H,76,101)(H,77,102)(H,78,97)(H,79,98)(H2,80,81,111)/t45-,46-,48-,49-,50+,51-,52-,53-,54+,55-,56-,58-,59+,60-,61-,62-,63-,70-,72-/m1/s1. The van der Waals surface area contributed by atoms with E-state index in [0.717, 1.165) is 73.8 Å². The summed E-state index contributed by atoms with van der Waals surface area (Å²) in [5, 5.41) is 189. The molecule has 7 aromatic carbocycles. The van der Waals surface area contributed by atoms with Crippen LogP contribution in [0.2, 0.25) is 0 Å². The van der Waals surface area contributed by atoms with Gasteiger partial charge in [0.15, 0.2) is 46.7 Å². The van der Waals surface area contributed by atoms with Crippen LogP contribution in [0, 0.1) is 6.92 Å². The molecule has 111 heavy (non-hydrogen) atoms. The number of aromatic hydroxyl groups is 6. The van der Waals surface area contributed by atoms with E-state index in [-0.39, 0.29) is 61.8 Å². The van der Waals surface area contributed by atoms with Crippen molar-refractivity contribution in [3.8, 4) is 80.1 Å². The van der Waals surface area contributed by atoms with E-state index >= 15 is 24.0 Å². The number of nitrogens with one attached hydrogen (secondary N) is 8. The molecule has 2 saturated heterocycles. The largest absolute Gasteiger partial charge is 0.508 e. The van der Waals surface area contributed by atoms with Crippen LogP contribution >= 0.6 is 12.2 Å². The number of carbonyl (C=O) groups is 7. The Hall–Kier alpha value is -11.8. The summed E-state index contributed by atoms with van der Waals surface area (Å²) in [7, 11) is 0.950. The van der Waals surface area contributed by atoms with Gasteiger partial charge in [-0.2, -0.15) is 0 Å². The number of thiocarbonyl (C=S) groups is 1. The summed E-state index contributed by atoms with van der Waals surface area (Å²) < 4.78 is 40.8. The highest BCUT2D eigenvalue weighted by molar-refractivity contribution is 7.80. The fourth-order valence-corrected chi connectivity index (χ4v) is 13.8. The molecule has 0 spiro atoms. The molecule has 38 heteroatoms. The highest BCUT2D eigenvalue weighted by Crippen LogP contribution is 2.48. The molecule has 6 amide bonds. The molecule has 23 N–H and O–H groups in total. The smallest absolute Gasteiger partial charge is 0.333 e. The second-order valence-electron chi connectivity index (χ2n) is 26.7. The highest BCUT2D eigenvalue weighted by atomic mass is 32.1. The zero-order chi connectivity index (χ0) is 79.5. The van der Waals surface area contributed by atoms with Gasteiger partial charge in [-0.1, -0.05) is 36.4 Å². The van der Waals surface area contributed by atoms with Crippen molar-refractivity contribution in [1.29, 1.82) is 0 Å². The number of carbonyl (C=O) groups excluding carboxylic acids is 7. The molecule has 0 saturated carbocycles. The normalized spacial score (nSPS) is 28.6. The van der Waals surface area contributed by atoms with Gasteiger partial charge >= 0.3 is 5.97 Å². The number of aliphatic hydroxyl groups excluding tert-OH is 9. The maximum absolute atomic E-state index is 16.0. The molecule has 0 radical (unpaired) electrons. The Labute approximate surface area is 631 Å². The maximum Gasteiger partial charge on any atom is 0.333 e. The average molecular weight is 1560 g/mol. The van der Waals surface area contributed by atoms with Gasteiger partial charge in [0.25, 0.3) is 0 Å². The second kappa shape index (κ2) is 31.3. The van der Waals surface area contributed by atoms with E-state index in [4.69, 9.17) is 45.4 Å². The molecule has 0 unspecified atom stereocenters. The molecule has 15 rings (SSSR count). The molecule has 19 atom stereocenters. The Bertz CT molecular complexity index is 4840. The van der Waals surface area contributed by atoms with Gasteiger partial charge in [0.2, 0.25) is 41.2 Å². The zero-order valence-electron chi connectivity index (χ0n) is 57.8. The predicted octanol–water partition coefficient (Wildman–Crippen LogP) is -1.30. The molecular formula is C73H72N8O29S. The number of ether oxygens (including phenoxy) is 7. The minimum Gasteiger partial charge on any atom is -0.508 e. The number of phenols is 6. The summed E-state index contributed by atoms with van der Waals surface area (Å²) in [6, 6.07) is 7.74. The van der Waals surface area contributed by atoms with Crippen LogP contribution in [0.25, 0.3) is 11.1 Å². The lowest BCUT2D eigenvalue weighted by atomic mass is 9.89. The van der Waals surface area contributed by atoms with Crippen molar-refractivity contribution in [2.75, 3.05) is 20.3 Å². The molecule has 37 nitrogen and oxygen atoms in total. The van der Waals surface area contributed by atoms with Crippen molar-refractivity contribution in [3.05, 3.63) is 166 Å². The number of rotatable bonds is 7. The lowest BCUT2D eigenvalue weighted by Crippen LogP contribution is -2.67. The Morgan fingerprint density at radius 2 is 1.00 bits per heavy atom. The van der Waals surface area contributed by atoms with Gasteiger partial charge in [-0.15, -0.1) is 0 Å². The predicted molar refractivity (Wildman–Crippen MR) is 376 cm³/mol. The zero-order valence-corrected chi connectivity index (χ0v) is 58.6. The molecule has 7 aromatic rings. The quantitative estimate of drug-likeness (QED) is 0.0651. The molecule has 17 bridgehead atoms. The molecule has 0 aromatic heterocycles. The number of hydrogen-bond acceptors (Lipinski definition) is 30. The Morgan fingerprint density at radius 1 is 0.477 bits per heavy atom. The van der Waals surface area contributed by atoms with Gasteiger partial charge in [-0.05, 0) is 131 Å². The molecule has 0 aliphatic carbocycles. The minimum absolute atomic E-state index is 0.0869. The van der Waals surface area contributed by atoms with Crippen LogP contribution in [0.1, 0.15) is 86.9 Å². The molecule has 584 valence electrons. The molecule has 8 aliphatic rings. The Balaban J connectivity index is 0.912. The van der Waals surface area contributed by atoms with E-state index in [1.165, 1.54) is 61.5 Å². The van der Waals surface area contributed by atoms with Crippen molar-refractivity contribution < 1.29 is 143 Å². The first-order chi connectivity index (χ1) is 52.9. The van der Waals surface area contributed by atoms with Crippen LogP contribution in [0.15, 0.2) is 121 Å². The number of hydrogen-bond donors (Lipinski definition) is 23. The minimum atomic E-state index is -2.26. The summed E-state index contributed by atoms with van der Waals surface area (Å²) in [6.07, 6.45) is -22.7. The van der Waals surface area contributed by atoms with Crippen LogP contribution in [0.5, 0.6) is 69.0 Å².